The van der Waals surface area contributed by atoms with Gasteiger partial charge in [0.1, 0.15) is 6.04 Å². The number of benzene rings is 1. The van der Waals surface area contributed by atoms with Crippen molar-refractivity contribution in [2.24, 2.45) is 5.73 Å². The van der Waals surface area contributed by atoms with Gasteiger partial charge in [-0.3, -0.25) is 9.59 Å². The molecule has 0 bridgehead atoms. The minimum Gasteiger partial charge on any atom is -0.331 e. The van der Waals surface area contributed by atoms with E-state index in [1.807, 2.05) is 30.3 Å². The van der Waals surface area contributed by atoms with Crippen molar-refractivity contribution in [3.05, 3.63) is 30.3 Å². The summed E-state index contributed by atoms with van der Waals surface area (Å²) < 4.78 is 0. The average molecular weight is 299 g/mol. The second kappa shape index (κ2) is 7.62. The maximum atomic E-state index is 12.4. The predicted molar refractivity (Wildman–Crippen MR) is 85.8 cm³/mol. The van der Waals surface area contributed by atoms with Crippen LogP contribution in [-0.2, 0) is 9.59 Å². The maximum absolute atomic E-state index is 12.4. The van der Waals surface area contributed by atoms with Crippen molar-refractivity contribution in [3.8, 4) is 12.3 Å². The van der Waals surface area contributed by atoms with Gasteiger partial charge in [-0.1, -0.05) is 18.2 Å². The fourth-order valence-electron chi connectivity index (χ4n) is 2.65. The third kappa shape index (κ3) is 4.09. The molecule has 1 unspecified atom stereocenters. The van der Waals surface area contributed by atoms with E-state index in [0.29, 0.717) is 19.4 Å². The van der Waals surface area contributed by atoms with Gasteiger partial charge < -0.3 is 16.0 Å². The van der Waals surface area contributed by atoms with E-state index >= 15 is 0 Å². The first-order valence-corrected chi connectivity index (χ1v) is 7.46. The smallest absolute Gasteiger partial charge is 0.247 e. The van der Waals surface area contributed by atoms with Crippen LogP contribution in [0.4, 0.5) is 5.69 Å². The summed E-state index contributed by atoms with van der Waals surface area (Å²) in [5.41, 5.74) is 6.54. The van der Waals surface area contributed by atoms with Gasteiger partial charge in [-0.15, -0.1) is 12.3 Å². The van der Waals surface area contributed by atoms with Crippen LogP contribution in [0.15, 0.2) is 30.3 Å². The van der Waals surface area contributed by atoms with Crippen molar-refractivity contribution >= 4 is 17.5 Å². The summed E-state index contributed by atoms with van der Waals surface area (Å²) in [5.74, 6) is 2.20. The first-order valence-electron chi connectivity index (χ1n) is 7.46. The number of amides is 2. The van der Waals surface area contributed by atoms with Gasteiger partial charge in [0, 0.05) is 31.1 Å². The molecule has 2 amide bonds. The zero-order chi connectivity index (χ0) is 15.9. The predicted octanol–water partition coefficient (Wildman–Crippen LogP) is 1.36. The van der Waals surface area contributed by atoms with Gasteiger partial charge in [0.15, 0.2) is 0 Å². The van der Waals surface area contributed by atoms with Crippen LogP contribution in [0.3, 0.4) is 0 Å². The Hall–Kier alpha value is -2.32. The van der Waals surface area contributed by atoms with Gasteiger partial charge in [-0.25, -0.2) is 0 Å². The number of nitrogens with one attached hydrogen (secondary N) is 1. The molecule has 2 rings (SSSR count). The number of para-hydroxylation sites is 1. The number of nitrogens with zero attached hydrogens (tertiary/aromatic N) is 1. The van der Waals surface area contributed by atoms with Crippen molar-refractivity contribution in [1.82, 2.24) is 4.90 Å². The Bertz CT molecular complexity index is 565. The highest BCUT2D eigenvalue weighted by atomic mass is 16.2. The number of anilines is 1. The highest BCUT2D eigenvalue weighted by Gasteiger charge is 2.34. The average Bonchev–Trinajstić information content (AvgIpc) is 2.98. The fourth-order valence-corrected chi connectivity index (χ4v) is 2.65. The summed E-state index contributed by atoms with van der Waals surface area (Å²) in [6, 6.07) is 8.46. The Morgan fingerprint density at radius 3 is 2.82 bits per heavy atom. The third-order valence-electron chi connectivity index (χ3n) is 3.73. The zero-order valence-electron chi connectivity index (χ0n) is 12.5. The van der Waals surface area contributed by atoms with Gasteiger partial charge in [-0.05, 0) is 25.0 Å². The minimum absolute atomic E-state index is 0.103. The second-order valence-corrected chi connectivity index (χ2v) is 5.47. The van der Waals surface area contributed by atoms with Crippen LogP contribution in [0.5, 0.6) is 0 Å². The number of nitrogens with two attached hydrogens (primary N) is 1. The van der Waals surface area contributed by atoms with Crippen LogP contribution in [0.2, 0.25) is 0 Å². The van der Waals surface area contributed by atoms with Crippen molar-refractivity contribution < 1.29 is 9.59 Å². The first kappa shape index (κ1) is 16.1. The Kier molecular flexibility index (Phi) is 5.56. The van der Waals surface area contributed by atoms with Crippen LogP contribution in [0.1, 0.15) is 25.7 Å². The van der Waals surface area contributed by atoms with Crippen molar-refractivity contribution in [2.75, 3.05) is 11.9 Å². The van der Waals surface area contributed by atoms with E-state index in [-0.39, 0.29) is 24.3 Å². The van der Waals surface area contributed by atoms with Crippen molar-refractivity contribution in [2.45, 2.75) is 37.8 Å². The fraction of sp³-hybridized carbons (Fsp3) is 0.412. The normalized spacial score (nSPS) is 18.5. The minimum atomic E-state index is -0.425. The summed E-state index contributed by atoms with van der Waals surface area (Å²) in [6.07, 6.45) is 7.24. The molecule has 3 N–H and O–H groups in total. The Morgan fingerprint density at radius 2 is 2.14 bits per heavy atom. The molecule has 1 aliphatic rings. The van der Waals surface area contributed by atoms with Gasteiger partial charge in [0.05, 0.1) is 0 Å². The number of hydrogen-bond acceptors (Lipinski definition) is 3. The van der Waals surface area contributed by atoms with E-state index in [0.717, 1.165) is 12.1 Å². The third-order valence-corrected chi connectivity index (χ3v) is 3.73. The van der Waals surface area contributed by atoms with E-state index in [1.54, 1.807) is 4.90 Å². The first-order chi connectivity index (χ1) is 10.6. The topological polar surface area (TPSA) is 75.4 Å². The van der Waals surface area contributed by atoms with E-state index in [4.69, 9.17) is 12.2 Å². The quantitative estimate of drug-likeness (QED) is 0.806. The van der Waals surface area contributed by atoms with Gasteiger partial charge in [0.25, 0.3) is 0 Å². The van der Waals surface area contributed by atoms with Gasteiger partial charge in [-0.2, -0.15) is 0 Å². The van der Waals surface area contributed by atoms with E-state index < -0.39 is 6.04 Å². The van der Waals surface area contributed by atoms with Gasteiger partial charge in [0.2, 0.25) is 11.8 Å². The molecule has 1 heterocycles. The second-order valence-electron chi connectivity index (χ2n) is 5.47. The van der Waals surface area contributed by atoms with Crippen LogP contribution in [0, 0.1) is 12.3 Å². The number of terminal acetylenes is 1. The molecule has 1 aromatic rings. The molecule has 2 atom stereocenters. The monoisotopic (exact) mass is 299 g/mol. The summed E-state index contributed by atoms with van der Waals surface area (Å²) in [6.45, 7) is 0.592. The molecule has 5 heteroatoms. The lowest BCUT2D eigenvalue weighted by atomic mass is 10.1. The van der Waals surface area contributed by atoms with E-state index in [9.17, 15) is 9.59 Å². The highest BCUT2D eigenvalue weighted by Crippen LogP contribution is 2.20. The molecule has 116 valence electrons. The molecule has 1 aliphatic heterocycles. The van der Waals surface area contributed by atoms with Crippen molar-refractivity contribution in [1.29, 1.82) is 0 Å². The molecule has 22 heavy (non-hydrogen) atoms. The van der Waals surface area contributed by atoms with Crippen LogP contribution in [0.25, 0.3) is 0 Å². The largest absolute Gasteiger partial charge is 0.331 e. The zero-order valence-corrected chi connectivity index (χ0v) is 12.5. The van der Waals surface area contributed by atoms with Crippen LogP contribution < -0.4 is 11.1 Å². The molecule has 0 aromatic heterocycles. The standard InChI is InChI=1S/C17H21N3O2/c1-2-7-13(18)12-16(21)20-11-6-10-15(20)17(22)19-14-8-4-3-5-9-14/h1,3-5,8-9,13,15H,6-7,10-12,18H2,(H,19,22)/t13?,15-/m1/s1. The number of likely N-dealkylation sites (tertiary alicyclic amines) is 1. The molecule has 0 radical (unpaired) electrons. The molecule has 1 saturated heterocycles. The number of carbonyl (C=O) groups excluding carboxylic acids is 2. The lowest BCUT2D eigenvalue weighted by Gasteiger charge is -2.25. The molecule has 5 nitrogen and oxygen atoms in total. The lowest BCUT2D eigenvalue weighted by Crippen LogP contribution is -2.44. The Labute approximate surface area is 130 Å². The maximum Gasteiger partial charge on any atom is 0.247 e. The summed E-state index contributed by atoms with van der Waals surface area (Å²) in [4.78, 5) is 26.3. The lowest BCUT2D eigenvalue weighted by molar-refractivity contribution is -0.136. The molecule has 0 aliphatic carbocycles. The molecule has 0 saturated carbocycles. The SMILES string of the molecule is C#CCC(N)CC(=O)N1CCC[C@@H]1C(=O)Nc1ccccc1. The highest BCUT2D eigenvalue weighted by molar-refractivity contribution is 5.97. The Morgan fingerprint density at radius 1 is 1.41 bits per heavy atom. The van der Waals surface area contributed by atoms with Crippen LogP contribution in [-0.4, -0.2) is 35.3 Å². The number of rotatable bonds is 5. The molecular weight excluding hydrogens is 278 g/mol. The molecule has 1 fully saturated rings. The molecular formula is C17H21N3O2. The number of carbonyl (C=O) groups is 2. The van der Waals surface area contributed by atoms with E-state index in [1.165, 1.54) is 0 Å². The summed E-state index contributed by atoms with van der Waals surface area (Å²) in [5, 5.41) is 2.85. The summed E-state index contributed by atoms with van der Waals surface area (Å²) >= 11 is 0. The van der Waals surface area contributed by atoms with Gasteiger partial charge >= 0.3 is 0 Å². The summed E-state index contributed by atoms with van der Waals surface area (Å²) in [7, 11) is 0. The molecule has 0 spiro atoms. The van der Waals surface area contributed by atoms with E-state index in [2.05, 4.69) is 11.2 Å². The molecule has 1 aromatic carbocycles. The van der Waals surface area contributed by atoms with Crippen LogP contribution >= 0.6 is 0 Å². The Balaban J connectivity index is 1.96. The number of hydrogen-bond donors (Lipinski definition) is 2. The van der Waals surface area contributed by atoms with Crippen molar-refractivity contribution in [3.63, 3.8) is 0 Å².